The summed E-state index contributed by atoms with van der Waals surface area (Å²) in [4.78, 5) is 45.2. The molecule has 2 aromatic heterocycles. The van der Waals surface area contributed by atoms with Crippen molar-refractivity contribution in [3.05, 3.63) is 32.6 Å². The zero-order valence-electron chi connectivity index (χ0n) is 18.5. The van der Waals surface area contributed by atoms with Crippen LogP contribution >= 0.6 is 11.8 Å². The molecule has 0 radical (unpaired) electrons. The van der Waals surface area contributed by atoms with E-state index in [1.54, 1.807) is 13.2 Å². The van der Waals surface area contributed by atoms with Gasteiger partial charge in [0.2, 0.25) is 5.91 Å². The number of unbranched alkanes of at least 4 members (excludes halogenated alkanes) is 1. The van der Waals surface area contributed by atoms with Gasteiger partial charge < -0.3 is 4.90 Å². The minimum absolute atomic E-state index is 0.0352. The summed E-state index contributed by atoms with van der Waals surface area (Å²) < 4.78 is 2.49. The van der Waals surface area contributed by atoms with Gasteiger partial charge in [0.1, 0.15) is 5.65 Å². The van der Waals surface area contributed by atoms with E-state index in [2.05, 4.69) is 11.9 Å². The van der Waals surface area contributed by atoms with Gasteiger partial charge in [-0.3, -0.25) is 18.7 Å². The van der Waals surface area contributed by atoms with Crippen LogP contribution in [-0.4, -0.2) is 42.8 Å². The van der Waals surface area contributed by atoms with E-state index in [1.807, 2.05) is 32.6 Å². The molecule has 7 nitrogen and oxygen atoms in total. The molecule has 2 aromatic rings. The number of aromatic nitrogens is 3. The quantitative estimate of drug-likeness (QED) is 0.614. The zero-order chi connectivity index (χ0) is 21.9. The number of nitrogens with zero attached hydrogens (tertiary/aromatic N) is 4. The number of hydrogen-bond acceptors (Lipinski definition) is 5. The van der Waals surface area contributed by atoms with Gasteiger partial charge in [0.25, 0.3) is 5.56 Å². The first kappa shape index (κ1) is 23.2. The van der Waals surface area contributed by atoms with Gasteiger partial charge in [-0.2, -0.15) is 0 Å². The zero-order valence-corrected chi connectivity index (χ0v) is 19.3. The van der Waals surface area contributed by atoms with Crippen molar-refractivity contribution in [3.63, 3.8) is 0 Å². The monoisotopic (exact) mass is 420 g/mol. The second-order valence-corrected chi connectivity index (χ2v) is 8.88. The van der Waals surface area contributed by atoms with Gasteiger partial charge >= 0.3 is 5.69 Å². The number of pyridine rings is 1. The molecule has 0 bridgehead atoms. The lowest BCUT2D eigenvalue weighted by Gasteiger charge is -2.30. The van der Waals surface area contributed by atoms with Crippen molar-refractivity contribution < 1.29 is 4.79 Å². The molecule has 0 N–H and O–H groups in total. The Morgan fingerprint density at radius 3 is 2.31 bits per heavy atom. The fraction of sp³-hybridized carbons (Fsp3) is 0.619. The predicted octanol–water partition coefficient (Wildman–Crippen LogP) is 2.71. The number of thioether (sulfide) groups is 1. The minimum Gasteiger partial charge on any atom is -0.337 e. The highest BCUT2D eigenvalue weighted by atomic mass is 32.2. The topological polar surface area (TPSA) is 77.2 Å². The molecule has 0 saturated heterocycles. The van der Waals surface area contributed by atoms with Crippen LogP contribution in [0, 0.1) is 0 Å². The Kier molecular flexibility index (Phi) is 7.68. The molecule has 0 aliphatic rings. The van der Waals surface area contributed by atoms with Gasteiger partial charge in [-0.25, -0.2) is 9.78 Å². The third-order valence-corrected chi connectivity index (χ3v) is 6.18. The van der Waals surface area contributed by atoms with Crippen LogP contribution < -0.4 is 11.2 Å². The molecule has 1 amide bonds. The first-order chi connectivity index (χ1) is 13.6. The van der Waals surface area contributed by atoms with Crippen LogP contribution in [0.25, 0.3) is 11.0 Å². The van der Waals surface area contributed by atoms with E-state index in [4.69, 9.17) is 0 Å². The normalized spacial score (nSPS) is 11.6. The molecule has 0 saturated carbocycles. The van der Waals surface area contributed by atoms with Crippen LogP contribution in [0.15, 0.2) is 20.7 Å². The van der Waals surface area contributed by atoms with E-state index in [1.165, 1.54) is 23.4 Å². The summed E-state index contributed by atoms with van der Waals surface area (Å²) in [7, 11) is 3.09. The maximum atomic E-state index is 12.9. The molecule has 8 heteroatoms. The van der Waals surface area contributed by atoms with Gasteiger partial charge in [-0.1, -0.05) is 13.3 Å². The summed E-state index contributed by atoms with van der Waals surface area (Å²) in [6.45, 7) is 10.1. The van der Waals surface area contributed by atoms with Crippen molar-refractivity contribution in [2.45, 2.75) is 70.9 Å². The highest BCUT2D eigenvalue weighted by Gasteiger charge is 2.23. The van der Waals surface area contributed by atoms with Gasteiger partial charge in [-0.15, -0.1) is 11.8 Å². The van der Waals surface area contributed by atoms with Crippen LogP contribution in [-0.2, 0) is 25.3 Å². The van der Waals surface area contributed by atoms with E-state index in [-0.39, 0.29) is 29.3 Å². The molecule has 2 heterocycles. The second kappa shape index (κ2) is 9.61. The van der Waals surface area contributed by atoms with Crippen LogP contribution in [0.4, 0.5) is 0 Å². The minimum atomic E-state index is -0.408. The highest BCUT2D eigenvalue weighted by Crippen LogP contribution is 2.29. The van der Waals surface area contributed by atoms with Crippen LogP contribution in [0.2, 0.25) is 0 Å². The largest absolute Gasteiger partial charge is 0.337 e. The third kappa shape index (κ3) is 4.74. The molecule has 0 atom stereocenters. The van der Waals surface area contributed by atoms with Gasteiger partial charge in [-0.05, 0) is 46.1 Å². The summed E-state index contributed by atoms with van der Waals surface area (Å²) in [5, 5.41) is 0.418. The standard InChI is InChI=1S/C21H32N4O3S/c1-8-9-10-15-11-22-19-17(20(27)24(7)21(28)23(19)6)18(15)29-12-16(26)25(13(2)3)14(4)5/h11,13-14H,8-10,12H2,1-7H3. The Bertz CT molecular complexity index is 1000. The van der Waals surface area contributed by atoms with E-state index >= 15 is 0 Å². The lowest BCUT2D eigenvalue weighted by molar-refractivity contribution is -0.131. The molecule has 0 fully saturated rings. The summed E-state index contributed by atoms with van der Waals surface area (Å²) in [5.74, 6) is 0.272. The first-order valence-corrected chi connectivity index (χ1v) is 11.1. The van der Waals surface area contributed by atoms with E-state index < -0.39 is 5.69 Å². The Balaban J connectivity index is 2.58. The summed E-state index contributed by atoms with van der Waals surface area (Å²) in [5.41, 5.74) is 0.536. The average molecular weight is 421 g/mol. The second-order valence-electron chi connectivity index (χ2n) is 7.90. The summed E-state index contributed by atoms with van der Waals surface area (Å²) >= 11 is 1.38. The number of carbonyl (C=O) groups is 1. The Labute approximate surface area is 176 Å². The number of aryl methyl sites for hydroxylation is 2. The van der Waals surface area contributed by atoms with Crippen LogP contribution in [0.3, 0.4) is 0 Å². The van der Waals surface area contributed by atoms with Crippen molar-refractivity contribution >= 4 is 28.7 Å². The van der Waals surface area contributed by atoms with Gasteiger partial charge in [0.05, 0.1) is 11.1 Å². The number of carbonyl (C=O) groups excluding carboxylic acids is 1. The number of hydrogen-bond donors (Lipinski definition) is 0. The predicted molar refractivity (Wildman–Crippen MR) is 119 cm³/mol. The molecule has 0 aliphatic heterocycles. The fourth-order valence-corrected chi connectivity index (χ4v) is 4.71. The third-order valence-electron chi connectivity index (χ3n) is 5.04. The van der Waals surface area contributed by atoms with Crippen molar-refractivity contribution in [2.75, 3.05) is 5.75 Å². The highest BCUT2D eigenvalue weighted by molar-refractivity contribution is 8.00. The van der Waals surface area contributed by atoms with E-state index in [0.29, 0.717) is 11.0 Å². The van der Waals surface area contributed by atoms with Crippen molar-refractivity contribution in [1.82, 2.24) is 19.0 Å². The summed E-state index contributed by atoms with van der Waals surface area (Å²) in [6.07, 6.45) is 4.50. The van der Waals surface area contributed by atoms with Crippen molar-refractivity contribution in [3.8, 4) is 0 Å². The lowest BCUT2D eigenvalue weighted by Crippen LogP contribution is -2.43. The average Bonchev–Trinajstić information content (AvgIpc) is 2.66. The molecule has 29 heavy (non-hydrogen) atoms. The Morgan fingerprint density at radius 1 is 1.14 bits per heavy atom. The molecule has 0 unspecified atom stereocenters. The van der Waals surface area contributed by atoms with Crippen LogP contribution in [0.1, 0.15) is 53.0 Å². The number of rotatable bonds is 8. The Morgan fingerprint density at radius 2 is 1.76 bits per heavy atom. The van der Waals surface area contributed by atoms with E-state index in [9.17, 15) is 14.4 Å². The fourth-order valence-electron chi connectivity index (χ4n) is 3.63. The molecular weight excluding hydrogens is 388 g/mol. The molecular formula is C21H32N4O3S. The van der Waals surface area contributed by atoms with Gasteiger partial charge in [0, 0.05) is 37.3 Å². The summed E-state index contributed by atoms with van der Waals surface area (Å²) in [6, 6.07) is 0.205. The molecule has 0 spiro atoms. The Hall–Kier alpha value is -2.09. The molecule has 0 aliphatic carbocycles. The maximum Gasteiger partial charge on any atom is 0.332 e. The smallest absolute Gasteiger partial charge is 0.332 e. The first-order valence-electron chi connectivity index (χ1n) is 10.1. The van der Waals surface area contributed by atoms with Gasteiger partial charge in [0.15, 0.2) is 0 Å². The molecule has 0 aromatic carbocycles. The molecule has 2 rings (SSSR count). The van der Waals surface area contributed by atoms with Crippen molar-refractivity contribution in [1.29, 1.82) is 0 Å². The molecule has 160 valence electrons. The van der Waals surface area contributed by atoms with Crippen molar-refractivity contribution in [2.24, 2.45) is 14.1 Å². The number of amides is 1. The van der Waals surface area contributed by atoms with Crippen LogP contribution in [0.5, 0.6) is 0 Å². The number of fused-ring (bicyclic) bond motifs is 1. The SMILES string of the molecule is CCCCc1cnc2c(c1SCC(=O)N(C(C)C)C(C)C)c(=O)n(C)c(=O)n2C. The van der Waals surface area contributed by atoms with E-state index in [0.717, 1.165) is 34.3 Å². The lowest BCUT2D eigenvalue weighted by atomic mass is 10.1. The maximum absolute atomic E-state index is 12.9.